The smallest absolute Gasteiger partial charge is 0.338 e. The van der Waals surface area contributed by atoms with Crippen molar-refractivity contribution >= 4 is 16.0 Å². The zero-order chi connectivity index (χ0) is 23.4. The van der Waals surface area contributed by atoms with Crippen LogP contribution in [0.1, 0.15) is 15.9 Å². The van der Waals surface area contributed by atoms with E-state index >= 15 is 0 Å². The summed E-state index contributed by atoms with van der Waals surface area (Å²) in [5.41, 5.74) is 3.55. The van der Waals surface area contributed by atoms with Gasteiger partial charge in [-0.25, -0.2) is 22.2 Å². The minimum absolute atomic E-state index is 0.0215. The van der Waals surface area contributed by atoms with E-state index in [0.717, 1.165) is 26.8 Å². The monoisotopic (exact) mass is 461 g/mol. The summed E-state index contributed by atoms with van der Waals surface area (Å²) in [7, 11) is -0.653. The molecule has 0 amide bonds. The van der Waals surface area contributed by atoms with Crippen LogP contribution in [0.25, 0.3) is 16.9 Å². The fourth-order valence-electron chi connectivity index (χ4n) is 3.27. The summed E-state index contributed by atoms with van der Waals surface area (Å²) in [6.07, 6.45) is 1.84. The Kier molecular flexibility index (Phi) is 6.39. The highest BCUT2D eigenvalue weighted by atomic mass is 32.2. The number of hydrogen-bond donors (Lipinski definition) is 0. The maximum atomic E-state index is 12.6. The number of para-hydroxylation sites is 1. The minimum Gasteiger partial charge on any atom is -0.457 e. The normalized spacial score (nSPS) is 11.5. The third kappa shape index (κ3) is 4.87. The van der Waals surface area contributed by atoms with Gasteiger partial charge in [0.2, 0.25) is 10.0 Å². The molecule has 1 heterocycles. The Morgan fingerprint density at radius 3 is 2.12 bits per heavy atom. The number of hydrogen-bond acceptors (Lipinski definition) is 5. The highest BCUT2D eigenvalue weighted by Gasteiger charge is 2.19. The maximum Gasteiger partial charge on any atom is 0.338 e. The Hall–Kier alpha value is -3.75. The maximum absolute atomic E-state index is 12.6. The standard InChI is InChI=1S/C25H23N3O4S/c1-27(2)33(30,31)23-15-13-20(14-16-23)25(29)32-18-21-17-28(22-11-7-4-8-12-22)26-24(21)19-9-5-3-6-10-19/h3-17H,18H2,1-2H3. The van der Waals surface area contributed by atoms with Crippen molar-refractivity contribution in [2.75, 3.05) is 14.1 Å². The minimum atomic E-state index is -3.56. The summed E-state index contributed by atoms with van der Waals surface area (Å²) in [4.78, 5) is 12.7. The van der Waals surface area contributed by atoms with Crippen LogP contribution >= 0.6 is 0 Å². The molecule has 3 aromatic carbocycles. The topological polar surface area (TPSA) is 81.5 Å². The third-order valence-corrected chi connectivity index (χ3v) is 6.91. The van der Waals surface area contributed by atoms with E-state index in [1.807, 2.05) is 66.9 Å². The van der Waals surface area contributed by atoms with Gasteiger partial charge >= 0.3 is 5.97 Å². The molecule has 0 spiro atoms. The van der Waals surface area contributed by atoms with Crippen LogP contribution in [0, 0.1) is 0 Å². The zero-order valence-electron chi connectivity index (χ0n) is 18.3. The Bertz CT molecular complexity index is 1350. The first-order valence-electron chi connectivity index (χ1n) is 10.3. The molecule has 0 aliphatic heterocycles. The van der Waals surface area contributed by atoms with Gasteiger partial charge in [0.25, 0.3) is 0 Å². The molecule has 4 aromatic rings. The fourth-order valence-corrected chi connectivity index (χ4v) is 4.17. The van der Waals surface area contributed by atoms with Gasteiger partial charge in [-0.2, -0.15) is 5.10 Å². The van der Waals surface area contributed by atoms with Crippen molar-refractivity contribution < 1.29 is 17.9 Å². The Morgan fingerprint density at radius 1 is 0.909 bits per heavy atom. The van der Waals surface area contributed by atoms with Gasteiger partial charge in [0.15, 0.2) is 0 Å². The van der Waals surface area contributed by atoms with Crippen molar-refractivity contribution in [1.29, 1.82) is 0 Å². The molecule has 1 aromatic heterocycles. The van der Waals surface area contributed by atoms with Gasteiger partial charge in [0.1, 0.15) is 6.61 Å². The molecule has 0 aliphatic carbocycles. The number of nitrogens with zero attached hydrogens (tertiary/aromatic N) is 3. The van der Waals surface area contributed by atoms with Crippen LogP contribution in [-0.2, 0) is 21.4 Å². The van der Waals surface area contributed by atoms with Gasteiger partial charge in [-0.1, -0.05) is 48.5 Å². The predicted molar refractivity (Wildman–Crippen MR) is 125 cm³/mol. The number of aromatic nitrogens is 2. The number of rotatable bonds is 7. The van der Waals surface area contributed by atoms with Crippen LogP contribution in [0.3, 0.4) is 0 Å². The lowest BCUT2D eigenvalue weighted by Crippen LogP contribution is -2.22. The Balaban J connectivity index is 1.56. The van der Waals surface area contributed by atoms with Crippen LogP contribution in [0.5, 0.6) is 0 Å². The van der Waals surface area contributed by atoms with Gasteiger partial charge in [0.05, 0.1) is 21.8 Å². The Labute approximate surface area is 192 Å². The number of carbonyl (C=O) groups excluding carboxylic acids is 1. The van der Waals surface area contributed by atoms with Gasteiger partial charge < -0.3 is 4.74 Å². The predicted octanol–water partition coefficient (Wildman–Crippen LogP) is 4.15. The van der Waals surface area contributed by atoms with Gasteiger partial charge in [0, 0.05) is 31.4 Å². The third-order valence-electron chi connectivity index (χ3n) is 5.09. The molecule has 0 radical (unpaired) electrons. The first-order chi connectivity index (χ1) is 15.9. The largest absolute Gasteiger partial charge is 0.457 e. The van der Waals surface area contributed by atoms with E-state index in [-0.39, 0.29) is 17.1 Å². The molecule has 33 heavy (non-hydrogen) atoms. The molecule has 0 fully saturated rings. The first kappa shape index (κ1) is 22.4. The second kappa shape index (κ2) is 9.40. The highest BCUT2D eigenvalue weighted by molar-refractivity contribution is 7.89. The molecular formula is C25H23N3O4S. The number of benzene rings is 3. The molecule has 8 heteroatoms. The van der Waals surface area contributed by atoms with Crippen LogP contribution in [0.15, 0.2) is 96.0 Å². The van der Waals surface area contributed by atoms with Crippen LogP contribution < -0.4 is 0 Å². The molecule has 0 atom stereocenters. The molecule has 0 saturated carbocycles. The van der Waals surface area contributed by atoms with Crippen LogP contribution in [0.4, 0.5) is 0 Å². The lowest BCUT2D eigenvalue weighted by Gasteiger charge is -2.11. The van der Waals surface area contributed by atoms with E-state index in [9.17, 15) is 13.2 Å². The summed E-state index contributed by atoms with van der Waals surface area (Å²) in [6, 6.07) is 25.1. The molecule has 0 bridgehead atoms. The SMILES string of the molecule is CN(C)S(=O)(=O)c1ccc(C(=O)OCc2cn(-c3ccccc3)nc2-c2ccccc2)cc1. The van der Waals surface area contributed by atoms with Crippen LogP contribution in [-0.4, -0.2) is 42.6 Å². The molecule has 0 saturated heterocycles. The number of carbonyl (C=O) groups is 1. The molecule has 0 unspecified atom stereocenters. The van der Waals surface area contributed by atoms with E-state index in [4.69, 9.17) is 9.84 Å². The van der Waals surface area contributed by atoms with E-state index < -0.39 is 16.0 Å². The lowest BCUT2D eigenvalue weighted by atomic mass is 10.1. The summed E-state index contributed by atoms with van der Waals surface area (Å²) in [5.74, 6) is -0.546. The first-order valence-corrected chi connectivity index (χ1v) is 11.7. The van der Waals surface area contributed by atoms with Crippen molar-refractivity contribution in [3.8, 4) is 16.9 Å². The Morgan fingerprint density at radius 2 is 1.52 bits per heavy atom. The summed E-state index contributed by atoms with van der Waals surface area (Å²) >= 11 is 0. The summed E-state index contributed by atoms with van der Waals surface area (Å²) < 4.78 is 32.9. The fraction of sp³-hybridized carbons (Fsp3) is 0.120. The van der Waals surface area contributed by atoms with Gasteiger partial charge in [-0.15, -0.1) is 0 Å². The quantitative estimate of drug-likeness (QED) is 0.386. The lowest BCUT2D eigenvalue weighted by molar-refractivity contribution is 0.0473. The molecule has 0 N–H and O–H groups in total. The van der Waals surface area contributed by atoms with E-state index in [1.165, 1.54) is 38.4 Å². The van der Waals surface area contributed by atoms with E-state index in [1.54, 1.807) is 4.68 Å². The second-order valence-corrected chi connectivity index (χ2v) is 9.69. The zero-order valence-corrected chi connectivity index (χ0v) is 19.1. The van der Waals surface area contributed by atoms with Gasteiger partial charge in [-0.05, 0) is 36.4 Å². The van der Waals surface area contributed by atoms with Crippen molar-refractivity contribution in [3.63, 3.8) is 0 Å². The number of sulfonamides is 1. The number of esters is 1. The van der Waals surface area contributed by atoms with Crippen molar-refractivity contribution in [2.24, 2.45) is 0 Å². The molecule has 7 nitrogen and oxygen atoms in total. The molecular weight excluding hydrogens is 438 g/mol. The summed E-state index contributed by atoms with van der Waals surface area (Å²) in [5, 5.41) is 4.71. The number of ether oxygens (including phenoxy) is 1. The second-order valence-electron chi connectivity index (χ2n) is 7.54. The molecule has 4 rings (SSSR count). The van der Waals surface area contributed by atoms with E-state index in [2.05, 4.69) is 0 Å². The summed E-state index contributed by atoms with van der Waals surface area (Å²) in [6.45, 7) is 0.0215. The van der Waals surface area contributed by atoms with E-state index in [0.29, 0.717) is 0 Å². The van der Waals surface area contributed by atoms with Crippen molar-refractivity contribution in [2.45, 2.75) is 11.5 Å². The highest BCUT2D eigenvalue weighted by Crippen LogP contribution is 2.25. The van der Waals surface area contributed by atoms with Crippen molar-refractivity contribution in [1.82, 2.24) is 14.1 Å². The van der Waals surface area contributed by atoms with Gasteiger partial charge in [-0.3, -0.25) is 0 Å². The molecule has 0 aliphatic rings. The molecule has 168 valence electrons. The average Bonchev–Trinajstić information content (AvgIpc) is 3.28. The van der Waals surface area contributed by atoms with Crippen LogP contribution in [0.2, 0.25) is 0 Å². The average molecular weight is 462 g/mol. The van der Waals surface area contributed by atoms with Crippen molar-refractivity contribution in [3.05, 3.63) is 102 Å².